The van der Waals surface area contributed by atoms with Crippen LogP contribution in [0.5, 0.6) is 0 Å². The highest BCUT2D eigenvalue weighted by molar-refractivity contribution is 7.09. The number of hydrogen-bond acceptors (Lipinski definition) is 4. The number of aromatic nitrogens is 1. The lowest BCUT2D eigenvalue weighted by molar-refractivity contribution is -0.116. The Morgan fingerprint density at radius 2 is 2.46 bits per heavy atom. The molecule has 0 saturated heterocycles. The highest BCUT2D eigenvalue weighted by atomic mass is 32.1. The Labute approximate surface area is 81.8 Å². The van der Waals surface area contributed by atoms with Crippen molar-refractivity contribution in [2.45, 2.75) is 26.4 Å². The lowest BCUT2D eigenvalue weighted by Gasteiger charge is -1.92. The minimum absolute atomic E-state index is 0.210. The van der Waals surface area contributed by atoms with Crippen LogP contribution in [0.1, 0.15) is 24.0 Å². The van der Waals surface area contributed by atoms with Crippen LogP contribution in [0.4, 0.5) is 0 Å². The Morgan fingerprint density at radius 3 is 3.08 bits per heavy atom. The highest BCUT2D eigenvalue weighted by Gasteiger charge is 2.02. The van der Waals surface area contributed by atoms with E-state index in [1.54, 1.807) is 25.4 Å². The zero-order chi connectivity index (χ0) is 9.68. The van der Waals surface area contributed by atoms with Gasteiger partial charge in [-0.05, 0) is 13.3 Å². The van der Waals surface area contributed by atoms with Crippen molar-refractivity contribution in [3.8, 4) is 0 Å². The number of carbonyl (C=O) groups is 1. The van der Waals surface area contributed by atoms with Crippen molar-refractivity contribution in [1.82, 2.24) is 4.98 Å². The van der Waals surface area contributed by atoms with Crippen molar-refractivity contribution < 1.29 is 9.53 Å². The quantitative estimate of drug-likeness (QED) is 0.726. The summed E-state index contributed by atoms with van der Waals surface area (Å²) in [5, 5.41) is 2.96. The Morgan fingerprint density at radius 1 is 1.69 bits per heavy atom. The summed E-state index contributed by atoms with van der Waals surface area (Å²) in [7, 11) is 1.65. The van der Waals surface area contributed by atoms with E-state index in [-0.39, 0.29) is 5.78 Å². The summed E-state index contributed by atoms with van der Waals surface area (Å²) in [5.41, 5.74) is 0.993. The largest absolute Gasteiger partial charge is 0.378 e. The van der Waals surface area contributed by atoms with E-state index in [2.05, 4.69) is 4.98 Å². The van der Waals surface area contributed by atoms with E-state index in [1.165, 1.54) is 0 Å². The van der Waals surface area contributed by atoms with Crippen molar-refractivity contribution in [3.05, 3.63) is 16.1 Å². The van der Waals surface area contributed by atoms with E-state index in [0.717, 1.165) is 17.1 Å². The standard InChI is InChI=1S/C9H13NO2S/c1-7(11)3-4-8-6-13-9(10-8)5-12-2/h6H,3-5H2,1-2H3. The summed E-state index contributed by atoms with van der Waals surface area (Å²) in [6.07, 6.45) is 1.33. The maximum atomic E-state index is 10.7. The van der Waals surface area contributed by atoms with Gasteiger partial charge in [-0.25, -0.2) is 4.98 Å². The molecule has 1 heterocycles. The fourth-order valence-electron chi connectivity index (χ4n) is 0.958. The van der Waals surface area contributed by atoms with Crippen LogP contribution in [0.25, 0.3) is 0 Å². The average molecular weight is 199 g/mol. The Balaban J connectivity index is 2.44. The first-order valence-electron chi connectivity index (χ1n) is 4.14. The Hall–Kier alpha value is -0.740. The molecule has 0 amide bonds. The van der Waals surface area contributed by atoms with E-state index >= 15 is 0 Å². The zero-order valence-electron chi connectivity index (χ0n) is 7.87. The van der Waals surface area contributed by atoms with Crippen LogP contribution in [0.3, 0.4) is 0 Å². The first-order valence-corrected chi connectivity index (χ1v) is 5.02. The minimum atomic E-state index is 0.210. The lowest BCUT2D eigenvalue weighted by atomic mass is 10.2. The van der Waals surface area contributed by atoms with Gasteiger partial charge in [0, 0.05) is 18.9 Å². The maximum absolute atomic E-state index is 10.7. The first-order chi connectivity index (χ1) is 6.22. The van der Waals surface area contributed by atoms with Crippen LogP contribution < -0.4 is 0 Å². The molecule has 1 aromatic rings. The van der Waals surface area contributed by atoms with Gasteiger partial charge < -0.3 is 9.53 Å². The monoisotopic (exact) mass is 199 g/mol. The molecule has 4 heteroatoms. The number of hydrogen-bond donors (Lipinski definition) is 0. The second-order valence-corrected chi connectivity index (χ2v) is 3.81. The zero-order valence-corrected chi connectivity index (χ0v) is 8.69. The third-order valence-electron chi connectivity index (χ3n) is 1.60. The second-order valence-electron chi connectivity index (χ2n) is 2.87. The summed E-state index contributed by atoms with van der Waals surface area (Å²) in [6.45, 7) is 2.16. The molecule has 0 bridgehead atoms. The lowest BCUT2D eigenvalue weighted by Crippen LogP contribution is -1.94. The van der Waals surface area contributed by atoms with Crippen molar-refractivity contribution in [2.75, 3.05) is 7.11 Å². The molecule has 0 aliphatic heterocycles. The van der Waals surface area contributed by atoms with Gasteiger partial charge in [0.1, 0.15) is 10.8 Å². The van der Waals surface area contributed by atoms with Crippen molar-refractivity contribution in [2.24, 2.45) is 0 Å². The molecule has 1 rings (SSSR count). The second kappa shape index (κ2) is 5.09. The van der Waals surface area contributed by atoms with Gasteiger partial charge in [0.05, 0.1) is 12.3 Å². The smallest absolute Gasteiger partial charge is 0.130 e. The van der Waals surface area contributed by atoms with Gasteiger partial charge in [-0.15, -0.1) is 11.3 Å². The van der Waals surface area contributed by atoms with Crippen LogP contribution in [0.15, 0.2) is 5.38 Å². The number of ketones is 1. The van der Waals surface area contributed by atoms with Gasteiger partial charge in [-0.3, -0.25) is 0 Å². The number of aryl methyl sites for hydroxylation is 1. The summed E-state index contributed by atoms with van der Waals surface area (Å²) in [6, 6.07) is 0. The molecule has 0 radical (unpaired) electrons. The molecular weight excluding hydrogens is 186 g/mol. The van der Waals surface area contributed by atoms with Crippen molar-refractivity contribution in [1.29, 1.82) is 0 Å². The third kappa shape index (κ3) is 3.65. The summed E-state index contributed by atoms with van der Waals surface area (Å²) < 4.78 is 4.95. The molecule has 0 aliphatic carbocycles. The number of carbonyl (C=O) groups excluding carboxylic acids is 1. The molecule has 13 heavy (non-hydrogen) atoms. The fraction of sp³-hybridized carbons (Fsp3) is 0.556. The fourth-order valence-corrected chi connectivity index (χ4v) is 1.76. The summed E-state index contributed by atoms with van der Waals surface area (Å²) in [5.74, 6) is 0.210. The average Bonchev–Trinajstić information content (AvgIpc) is 2.50. The van der Waals surface area contributed by atoms with Crippen LogP contribution in [0, 0.1) is 0 Å². The van der Waals surface area contributed by atoms with E-state index in [4.69, 9.17) is 4.74 Å². The van der Waals surface area contributed by atoms with Crippen LogP contribution >= 0.6 is 11.3 Å². The molecule has 0 fully saturated rings. The van der Waals surface area contributed by atoms with Crippen molar-refractivity contribution >= 4 is 17.1 Å². The highest BCUT2D eigenvalue weighted by Crippen LogP contribution is 2.12. The molecule has 0 unspecified atom stereocenters. The number of rotatable bonds is 5. The van der Waals surface area contributed by atoms with Gasteiger partial charge in [-0.1, -0.05) is 0 Å². The summed E-state index contributed by atoms with van der Waals surface area (Å²) in [4.78, 5) is 15.0. The molecule has 3 nitrogen and oxygen atoms in total. The van der Waals surface area contributed by atoms with Crippen molar-refractivity contribution in [3.63, 3.8) is 0 Å². The molecule has 1 aromatic heterocycles. The van der Waals surface area contributed by atoms with Gasteiger partial charge in [0.25, 0.3) is 0 Å². The predicted molar refractivity (Wildman–Crippen MR) is 51.8 cm³/mol. The number of Topliss-reactive ketones (excluding diaryl/α,β-unsaturated/α-hetero) is 1. The maximum Gasteiger partial charge on any atom is 0.130 e. The van der Waals surface area contributed by atoms with Crippen LogP contribution in [0.2, 0.25) is 0 Å². The Kier molecular flexibility index (Phi) is 4.05. The number of methoxy groups -OCH3 is 1. The predicted octanol–water partition coefficient (Wildman–Crippen LogP) is 1.81. The van der Waals surface area contributed by atoms with Gasteiger partial charge >= 0.3 is 0 Å². The molecule has 0 aromatic carbocycles. The molecule has 0 spiro atoms. The Bertz CT molecular complexity index is 283. The van der Waals surface area contributed by atoms with E-state index in [0.29, 0.717) is 13.0 Å². The molecule has 72 valence electrons. The minimum Gasteiger partial charge on any atom is -0.378 e. The van der Waals surface area contributed by atoms with E-state index < -0.39 is 0 Å². The molecule has 0 atom stereocenters. The van der Waals surface area contributed by atoms with E-state index in [9.17, 15) is 4.79 Å². The molecular formula is C9H13NO2S. The number of ether oxygens (including phenoxy) is 1. The van der Waals surface area contributed by atoms with E-state index in [1.807, 2.05) is 5.38 Å². The molecule has 0 N–H and O–H groups in total. The summed E-state index contributed by atoms with van der Waals surface area (Å²) >= 11 is 1.58. The first kappa shape index (κ1) is 10.3. The topological polar surface area (TPSA) is 39.2 Å². The van der Waals surface area contributed by atoms with Gasteiger partial charge in [0.2, 0.25) is 0 Å². The SMILES string of the molecule is COCc1nc(CCC(C)=O)cs1. The molecule has 0 saturated carbocycles. The van der Waals surface area contributed by atoms with Crippen LogP contribution in [-0.4, -0.2) is 17.9 Å². The molecule has 0 aliphatic rings. The number of thiazole rings is 1. The van der Waals surface area contributed by atoms with Gasteiger partial charge in [0.15, 0.2) is 0 Å². The number of nitrogens with zero attached hydrogens (tertiary/aromatic N) is 1. The van der Waals surface area contributed by atoms with Crippen LogP contribution in [-0.2, 0) is 22.6 Å². The van der Waals surface area contributed by atoms with Gasteiger partial charge in [-0.2, -0.15) is 0 Å². The third-order valence-corrected chi connectivity index (χ3v) is 2.47. The normalized spacial score (nSPS) is 10.3.